The normalized spacial score (nSPS) is 12.9. The van der Waals surface area contributed by atoms with Gasteiger partial charge in [-0.05, 0) is 19.4 Å². The van der Waals surface area contributed by atoms with Gasteiger partial charge in [0.1, 0.15) is 5.15 Å². The van der Waals surface area contributed by atoms with Crippen LogP contribution in [-0.4, -0.2) is 33.4 Å². The molecule has 5 nitrogen and oxygen atoms in total. The number of nitrogens with zero attached hydrogens (tertiary/aromatic N) is 2. The monoisotopic (exact) mass is 271 g/mol. The third-order valence-electron chi connectivity index (χ3n) is 2.58. The number of hydrogen-bond donors (Lipinski definition) is 2. The van der Waals surface area contributed by atoms with Crippen LogP contribution in [0.2, 0.25) is 5.15 Å². The van der Waals surface area contributed by atoms with E-state index in [1.54, 1.807) is 17.8 Å². The summed E-state index contributed by atoms with van der Waals surface area (Å²) in [5, 5.41) is 16.5. The Labute approximate surface area is 111 Å². The van der Waals surface area contributed by atoms with Crippen LogP contribution in [-0.2, 0) is 11.8 Å². The van der Waals surface area contributed by atoms with Crippen molar-refractivity contribution in [3.05, 3.63) is 22.5 Å². The van der Waals surface area contributed by atoms with Crippen LogP contribution < -0.4 is 5.32 Å². The Morgan fingerprint density at radius 2 is 2.33 bits per heavy atom. The second kappa shape index (κ2) is 6.56. The maximum atomic E-state index is 11.5. The fourth-order valence-electron chi connectivity index (χ4n) is 1.42. The molecule has 0 aliphatic carbocycles. The fraction of sp³-hybridized carbons (Fsp3) is 0.500. The smallest absolute Gasteiger partial charge is 0.244 e. The molecule has 100 valence electrons. The molecule has 0 bridgehead atoms. The number of halogens is 1. The van der Waals surface area contributed by atoms with E-state index in [1.165, 1.54) is 6.08 Å². The van der Waals surface area contributed by atoms with Gasteiger partial charge in [0.25, 0.3) is 0 Å². The van der Waals surface area contributed by atoms with Gasteiger partial charge in [0, 0.05) is 25.2 Å². The Balaban J connectivity index is 2.61. The van der Waals surface area contributed by atoms with Gasteiger partial charge in [-0.2, -0.15) is 5.10 Å². The Bertz CT molecular complexity index is 454. The highest BCUT2D eigenvalue weighted by atomic mass is 35.5. The number of rotatable bonds is 5. The molecule has 18 heavy (non-hydrogen) atoms. The van der Waals surface area contributed by atoms with E-state index in [4.69, 9.17) is 11.6 Å². The summed E-state index contributed by atoms with van der Waals surface area (Å²) in [4.78, 5) is 11.5. The number of hydrogen-bond acceptors (Lipinski definition) is 3. The van der Waals surface area contributed by atoms with Gasteiger partial charge in [-0.1, -0.05) is 18.5 Å². The lowest BCUT2D eigenvalue weighted by molar-refractivity contribution is -0.116. The average molecular weight is 272 g/mol. The number of aliphatic hydroxyl groups is 1. The lowest BCUT2D eigenvalue weighted by Gasteiger charge is -2.07. The van der Waals surface area contributed by atoms with E-state index in [-0.39, 0.29) is 12.5 Å². The van der Waals surface area contributed by atoms with Crippen molar-refractivity contribution < 1.29 is 9.90 Å². The SMILES string of the molecule is CCC(O)CNC(=O)/C=C/c1c(C)nn(C)c1Cl. The Morgan fingerprint density at radius 3 is 2.83 bits per heavy atom. The van der Waals surface area contributed by atoms with E-state index in [0.717, 1.165) is 11.3 Å². The number of aliphatic hydroxyl groups excluding tert-OH is 1. The van der Waals surface area contributed by atoms with Gasteiger partial charge < -0.3 is 10.4 Å². The Kier molecular flexibility index (Phi) is 5.37. The van der Waals surface area contributed by atoms with Crippen molar-refractivity contribution in [2.45, 2.75) is 26.4 Å². The second-order valence-electron chi connectivity index (χ2n) is 4.05. The van der Waals surface area contributed by atoms with E-state index in [1.807, 2.05) is 13.8 Å². The molecule has 0 spiro atoms. The van der Waals surface area contributed by atoms with E-state index in [2.05, 4.69) is 10.4 Å². The molecule has 1 amide bonds. The Hall–Kier alpha value is -1.33. The largest absolute Gasteiger partial charge is 0.391 e. The van der Waals surface area contributed by atoms with Gasteiger partial charge in [0.05, 0.1) is 11.8 Å². The molecule has 0 aliphatic heterocycles. The van der Waals surface area contributed by atoms with Crippen LogP contribution in [0.25, 0.3) is 6.08 Å². The zero-order valence-electron chi connectivity index (χ0n) is 10.8. The minimum atomic E-state index is -0.508. The van der Waals surface area contributed by atoms with E-state index in [9.17, 15) is 9.90 Å². The lowest BCUT2D eigenvalue weighted by Crippen LogP contribution is -2.30. The summed E-state index contributed by atoms with van der Waals surface area (Å²) < 4.78 is 1.55. The van der Waals surface area contributed by atoms with Gasteiger partial charge >= 0.3 is 0 Å². The van der Waals surface area contributed by atoms with Crippen LogP contribution in [0, 0.1) is 6.92 Å². The number of carbonyl (C=O) groups excluding carboxylic acids is 1. The van der Waals surface area contributed by atoms with Crippen LogP contribution in [0.4, 0.5) is 0 Å². The van der Waals surface area contributed by atoms with Gasteiger partial charge in [-0.15, -0.1) is 0 Å². The zero-order valence-corrected chi connectivity index (χ0v) is 11.5. The summed E-state index contributed by atoms with van der Waals surface area (Å²) in [6, 6.07) is 0. The molecule has 0 fully saturated rings. The first kappa shape index (κ1) is 14.7. The molecule has 1 unspecified atom stereocenters. The molecule has 0 aliphatic rings. The molecule has 1 heterocycles. The van der Waals surface area contributed by atoms with Gasteiger partial charge in [-0.25, -0.2) is 0 Å². The van der Waals surface area contributed by atoms with Gasteiger partial charge in [0.2, 0.25) is 5.91 Å². The minimum Gasteiger partial charge on any atom is -0.391 e. The molecule has 2 N–H and O–H groups in total. The quantitative estimate of drug-likeness (QED) is 0.793. The van der Waals surface area contributed by atoms with Crippen LogP contribution in [0.3, 0.4) is 0 Å². The number of nitrogens with one attached hydrogen (secondary N) is 1. The molecular formula is C12H18ClN3O2. The molecule has 0 aromatic carbocycles. The van der Waals surface area contributed by atoms with Crippen molar-refractivity contribution in [1.29, 1.82) is 0 Å². The fourth-order valence-corrected chi connectivity index (χ4v) is 1.65. The van der Waals surface area contributed by atoms with E-state index in [0.29, 0.717) is 11.6 Å². The summed E-state index contributed by atoms with van der Waals surface area (Å²) in [6.07, 6.45) is 3.11. The maximum absolute atomic E-state index is 11.5. The molecule has 0 saturated heterocycles. The molecule has 1 atom stereocenters. The van der Waals surface area contributed by atoms with Crippen molar-refractivity contribution >= 4 is 23.6 Å². The van der Waals surface area contributed by atoms with E-state index < -0.39 is 6.10 Å². The first-order valence-corrected chi connectivity index (χ1v) is 6.16. The van der Waals surface area contributed by atoms with Crippen LogP contribution in [0.1, 0.15) is 24.6 Å². The molecule has 6 heteroatoms. The molecule has 1 aromatic heterocycles. The predicted molar refractivity (Wildman–Crippen MR) is 71.3 cm³/mol. The number of aryl methyl sites for hydroxylation is 2. The van der Waals surface area contributed by atoms with Crippen LogP contribution >= 0.6 is 11.6 Å². The van der Waals surface area contributed by atoms with Crippen molar-refractivity contribution in [2.75, 3.05) is 6.54 Å². The van der Waals surface area contributed by atoms with Crippen molar-refractivity contribution in [3.8, 4) is 0 Å². The first-order chi connectivity index (χ1) is 8.45. The van der Waals surface area contributed by atoms with Gasteiger partial charge in [0.15, 0.2) is 0 Å². The molecule has 0 radical (unpaired) electrons. The summed E-state index contributed by atoms with van der Waals surface area (Å²) in [5.74, 6) is -0.262. The molecule has 0 saturated carbocycles. The third kappa shape index (κ3) is 3.85. The van der Waals surface area contributed by atoms with Crippen molar-refractivity contribution in [1.82, 2.24) is 15.1 Å². The molecule has 1 rings (SSSR count). The second-order valence-corrected chi connectivity index (χ2v) is 4.41. The summed E-state index contributed by atoms with van der Waals surface area (Å²) in [7, 11) is 1.74. The maximum Gasteiger partial charge on any atom is 0.244 e. The Morgan fingerprint density at radius 1 is 1.67 bits per heavy atom. The first-order valence-electron chi connectivity index (χ1n) is 5.78. The highest BCUT2D eigenvalue weighted by Crippen LogP contribution is 2.19. The summed E-state index contributed by atoms with van der Waals surface area (Å²) in [5.41, 5.74) is 1.49. The molecular weight excluding hydrogens is 254 g/mol. The van der Waals surface area contributed by atoms with Crippen LogP contribution in [0.15, 0.2) is 6.08 Å². The number of aromatic nitrogens is 2. The number of amides is 1. The summed E-state index contributed by atoms with van der Waals surface area (Å²) >= 11 is 6.02. The standard InChI is InChI=1S/C12H18ClN3O2/c1-4-9(17)7-14-11(18)6-5-10-8(2)15-16(3)12(10)13/h5-6,9,17H,4,7H2,1-3H3,(H,14,18)/b6-5+. The highest BCUT2D eigenvalue weighted by Gasteiger charge is 2.08. The minimum absolute atomic E-state index is 0.249. The van der Waals surface area contributed by atoms with Crippen molar-refractivity contribution in [2.24, 2.45) is 7.05 Å². The lowest BCUT2D eigenvalue weighted by atomic mass is 10.2. The van der Waals surface area contributed by atoms with Gasteiger partial charge in [-0.3, -0.25) is 9.48 Å². The predicted octanol–water partition coefficient (Wildman–Crippen LogP) is 1.28. The summed E-state index contributed by atoms with van der Waals surface area (Å²) in [6.45, 7) is 3.93. The van der Waals surface area contributed by atoms with Crippen molar-refractivity contribution in [3.63, 3.8) is 0 Å². The number of carbonyl (C=O) groups is 1. The average Bonchev–Trinajstić information content (AvgIpc) is 2.58. The highest BCUT2D eigenvalue weighted by molar-refractivity contribution is 6.31. The van der Waals surface area contributed by atoms with E-state index >= 15 is 0 Å². The molecule has 1 aromatic rings. The zero-order chi connectivity index (χ0) is 13.7. The van der Waals surface area contributed by atoms with Crippen LogP contribution in [0.5, 0.6) is 0 Å². The third-order valence-corrected chi connectivity index (χ3v) is 3.03. The topological polar surface area (TPSA) is 67.2 Å².